The average molecular weight is 446 g/mol. The standard InChI is InChI=1S/C21H24ClN5O4/c1-24(14-20(28)23-19-5-3-2-4-18(19)22)21(29)15-25-10-12-26(13-11-25)16-6-8-17(9-7-16)27(30)31/h2-9H,10-15H2,1H3,(H,23,28). The van der Waals surface area contributed by atoms with Crippen LogP contribution in [0.2, 0.25) is 5.02 Å². The minimum absolute atomic E-state index is 0.0627. The fraction of sp³-hybridized carbons (Fsp3) is 0.333. The molecular formula is C21H24ClN5O4. The molecule has 0 radical (unpaired) electrons. The molecule has 1 aliphatic heterocycles. The number of hydrogen-bond acceptors (Lipinski definition) is 6. The van der Waals surface area contributed by atoms with Crippen LogP contribution in [-0.2, 0) is 9.59 Å². The summed E-state index contributed by atoms with van der Waals surface area (Å²) in [5.41, 5.74) is 1.50. The SMILES string of the molecule is CN(CC(=O)Nc1ccccc1Cl)C(=O)CN1CCN(c2ccc([N+](=O)[O-])cc2)CC1. The number of non-ortho nitro benzene ring substituents is 1. The Morgan fingerprint density at radius 1 is 1.10 bits per heavy atom. The molecule has 0 bridgehead atoms. The van der Waals surface area contributed by atoms with Crippen LogP contribution >= 0.6 is 11.6 Å². The van der Waals surface area contributed by atoms with Gasteiger partial charge in [0.2, 0.25) is 11.8 Å². The number of halogens is 1. The van der Waals surface area contributed by atoms with E-state index in [0.29, 0.717) is 36.9 Å². The molecule has 10 heteroatoms. The van der Waals surface area contributed by atoms with Crippen LogP contribution in [0.4, 0.5) is 17.1 Å². The zero-order valence-corrected chi connectivity index (χ0v) is 17.9. The van der Waals surface area contributed by atoms with Crippen LogP contribution in [0.15, 0.2) is 48.5 Å². The van der Waals surface area contributed by atoms with Gasteiger partial charge in [-0.2, -0.15) is 0 Å². The highest BCUT2D eigenvalue weighted by Crippen LogP contribution is 2.21. The quantitative estimate of drug-likeness (QED) is 0.519. The van der Waals surface area contributed by atoms with Crippen molar-refractivity contribution in [3.05, 3.63) is 63.7 Å². The molecule has 1 fully saturated rings. The van der Waals surface area contributed by atoms with Crippen molar-refractivity contribution in [3.8, 4) is 0 Å². The minimum Gasteiger partial charge on any atom is -0.369 e. The topological polar surface area (TPSA) is 99.0 Å². The van der Waals surface area contributed by atoms with E-state index in [1.54, 1.807) is 43.4 Å². The minimum atomic E-state index is -0.418. The van der Waals surface area contributed by atoms with E-state index in [0.717, 1.165) is 5.69 Å². The van der Waals surface area contributed by atoms with Crippen molar-refractivity contribution in [1.82, 2.24) is 9.80 Å². The third-order valence-electron chi connectivity index (χ3n) is 5.11. The number of likely N-dealkylation sites (N-methyl/N-ethyl adjacent to an activating group) is 1. The summed E-state index contributed by atoms with van der Waals surface area (Å²) in [7, 11) is 1.60. The number of nitrogens with zero attached hydrogens (tertiary/aromatic N) is 4. The van der Waals surface area contributed by atoms with Crippen molar-refractivity contribution in [3.63, 3.8) is 0 Å². The Morgan fingerprint density at radius 3 is 2.35 bits per heavy atom. The zero-order chi connectivity index (χ0) is 22.4. The maximum Gasteiger partial charge on any atom is 0.269 e. The maximum absolute atomic E-state index is 12.5. The molecule has 0 aromatic heterocycles. The fourth-order valence-electron chi connectivity index (χ4n) is 3.32. The molecule has 9 nitrogen and oxygen atoms in total. The van der Waals surface area contributed by atoms with Gasteiger partial charge in [-0.15, -0.1) is 0 Å². The van der Waals surface area contributed by atoms with Gasteiger partial charge in [-0.1, -0.05) is 23.7 Å². The molecule has 1 N–H and O–H groups in total. The van der Waals surface area contributed by atoms with Crippen molar-refractivity contribution < 1.29 is 14.5 Å². The monoisotopic (exact) mass is 445 g/mol. The summed E-state index contributed by atoms with van der Waals surface area (Å²) in [6.45, 7) is 2.95. The van der Waals surface area contributed by atoms with Crippen LogP contribution in [-0.4, -0.2) is 72.9 Å². The second-order valence-electron chi connectivity index (χ2n) is 7.31. The normalized spacial score (nSPS) is 14.2. The Labute approximate surface area is 185 Å². The molecule has 0 saturated carbocycles. The maximum atomic E-state index is 12.5. The highest BCUT2D eigenvalue weighted by Gasteiger charge is 2.22. The summed E-state index contributed by atoms with van der Waals surface area (Å²) in [6.07, 6.45) is 0. The molecule has 3 rings (SSSR count). The molecule has 2 amide bonds. The summed E-state index contributed by atoms with van der Waals surface area (Å²) in [5, 5.41) is 13.9. The van der Waals surface area contributed by atoms with E-state index in [4.69, 9.17) is 11.6 Å². The lowest BCUT2D eigenvalue weighted by molar-refractivity contribution is -0.384. The second kappa shape index (κ2) is 10.2. The van der Waals surface area contributed by atoms with E-state index >= 15 is 0 Å². The fourth-order valence-corrected chi connectivity index (χ4v) is 3.50. The van der Waals surface area contributed by atoms with Gasteiger partial charge in [0.25, 0.3) is 5.69 Å². The number of nitro groups is 1. The Balaban J connectivity index is 1.44. The Kier molecular flexibility index (Phi) is 7.43. The van der Waals surface area contributed by atoms with Crippen LogP contribution in [0.1, 0.15) is 0 Å². The van der Waals surface area contributed by atoms with Gasteiger partial charge >= 0.3 is 0 Å². The van der Waals surface area contributed by atoms with Gasteiger partial charge in [0.15, 0.2) is 0 Å². The van der Waals surface area contributed by atoms with Crippen LogP contribution in [0.25, 0.3) is 0 Å². The lowest BCUT2D eigenvalue weighted by Gasteiger charge is -2.36. The first-order valence-electron chi connectivity index (χ1n) is 9.83. The number of amides is 2. The second-order valence-corrected chi connectivity index (χ2v) is 7.72. The number of carbonyl (C=O) groups is 2. The number of hydrogen-bond donors (Lipinski definition) is 1. The number of nitro benzene ring substituents is 1. The average Bonchev–Trinajstić information content (AvgIpc) is 2.76. The molecular weight excluding hydrogens is 422 g/mol. The van der Waals surface area contributed by atoms with Crippen LogP contribution < -0.4 is 10.2 Å². The highest BCUT2D eigenvalue weighted by molar-refractivity contribution is 6.33. The van der Waals surface area contributed by atoms with Crippen LogP contribution in [0, 0.1) is 10.1 Å². The highest BCUT2D eigenvalue weighted by atomic mass is 35.5. The van der Waals surface area contributed by atoms with Gasteiger partial charge in [0, 0.05) is 51.0 Å². The van der Waals surface area contributed by atoms with Gasteiger partial charge < -0.3 is 15.1 Å². The third kappa shape index (κ3) is 6.16. The molecule has 31 heavy (non-hydrogen) atoms. The van der Waals surface area contributed by atoms with Crippen molar-refractivity contribution >= 4 is 40.5 Å². The first-order valence-corrected chi connectivity index (χ1v) is 10.2. The van der Waals surface area contributed by atoms with Crippen molar-refractivity contribution in [1.29, 1.82) is 0 Å². The number of piperazine rings is 1. The van der Waals surface area contributed by atoms with Crippen molar-refractivity contribution in [2.45, 2.75) is 0 Å². The van der Waals surface area contributed by atoms with E-state index in [9.17, 15) is 19.7 Å². The number of rotatable bonds is 7. The molecule has 0 unspecified atom stereocenters. The molecule has 0 atom stereocenters. The van der Waals surface area contributed by atoms with E-state index in [-0.39, 0.29) is 30.6 Å². The van der Waals surface area contributed by atoms with Crippen molar-refractivity contribution in [2.24, 2.45) is 0 Å². The predicted octanol–water partition coefficient (Wildman–Crippen LogP) is 2.47. The number of nitrogens with one attached hydrogen (secondary N) is 1. The summed E-state index contributed by atoms with van der Waals surface area (Å²) >= 11 is 6.04. The number of carbonyl (C=O) groups excluding carboxylic acids is 2. The zero-order valence-electron chi connectivity index (χ0n) is 17.2. The Morgan fingerprint density at radius 2 is 1.74 bits per heavy atom. The molecule has 1 heterocycles. The van der Waals surface area contributed by atoms with E-state index in [1.807, 2.05) is 4.90 Å². The summed E-state index contributed by atoms with van der Waals surface area (Å²) in [5.74, 6) is -0.454. The van der Waals surface area contributed by atoms with Crippen molar-refractivity contribution in [2.75, 3.05) is 56.5 Å². The lowest BCUT2D eigenvalue weighted by Crippen LogP contribution is -2.50. The van der Waals surface area contributed by atoms with Gasteiger partial charge in [-0.05, 0) is 24.3 Å². The summed E-state index contributed by atoms with van der Waals surface area (Å²) < 4.78 is 0. The molecule has 1 saturated heterocycles. The molecule has 2 aromatic carbocycles. The number of benzene rings is 2. The smallest absolute Gasteiger partial charge is 0.269 e. The summed E-state index contributed by atoms with van der Waals surface area (Å²) in [4.78, 5) is 40.7. The van der Waals surface area contributed by atoms with Gasteiger partial charge in [-0.25, -0.2) is 0 Å². The van der Waals surface area contributed by atoms with E-state index in [2.05, 4.69) is 10.2 Å². The molecule has 164 valence electrons. The number of para-hydroxylation sites is 1. The molecule has 2 aromatic rings. The van der Waals surface area contributed by atoms with Gasteiger partial charge in [-0.3, -0.25) is 24.6 Å². The van der Waals surface area contributed by atoms with Gasteiger partial charge in [0.1, 0.15) is 0 Å². The number of anilines is 2. The largest absolute Gasteiger partial charge is 0.369 e. The Bertz CT molecular complexity index is 945. The van der Waals surface area contributed by atoms with Crippen LogP contribution in [0.3, 0.4) is 0 Å². The molecule has 0 spiro atoms. The summed E-state index contributed by atoms with van der Waals surface area (Å²) in [6, 6.07) is 13.4. The first kappa shape index (κ1) is 22.5. The molecule has 1 aliphatic rings. The first-order chi connectivity index (χ1) is 14.8. The van der Waals surface area contributed by atoms with Crippen LogP contribution in [0.5, 0.6) is 0 Å². The molecule has 0 aliphatic carbocycles. The predicted molar refractivity (Wildman–Crippen MR) is 119 cm³/mol. The van der Waals surface area contributed by atoms with E-state index in [1.165, 1.54) is 17.0 Å². The van der Waals surface area contributed by atoms with Gasteiger partial charge in [0.05, 0.1) is 28.7 Å². The van der Waals surface area contributed by atoms with E-state index < -0.39 is 4.92 Å². The Hall–Kier alpha value is -3.17. The third-order valence-corrected chi connectivity index (χ3v) is 5.44. The lowest BCUT2D eigenvalue weighted by atomic mass is 10.2.